The van der Waals surface area contributed by atoms with E-state index < -0.39 is 35.4 Å². The molecule has 6 rings (SSSR count). The number of aromatic amines is 1. The number of carbonyl (C=O) groups excluding carboxylic acids is 1. The number of H-pyrrole nitrogens is 1. The highest BCUT2D eigenvalue weighted by Crippen LogP contribution is 2.43. The highest BCUT2D eigenvalue weighted by atomic mass is 35.5. The van der Waals surface area contributed by atoms with Crippen molar-refractivity contribution in [3.8, 4) is 17.2 Å². The van der Waals surface area contributed by atoms with Gasteiger partial charge in [0.15, 0.2) is 5.82 Å². The summed E-state index contributed by atoms with van der Waals surface area (Å²) in [5.74, 6) is -1.30. The molecular formula is C24H20ClF2N7O. The minimum Gasteiger partial charge on any atom is -0.309 e. The van der Waals surface area contributed by atoms with Crippen LogP contribution in [-0.2, 0) is 4.79 Å². The number of halogens is 3. The number of benzene rings is 1. The first-order valence-corrected chi connectivity index (χ1v) is 11.6. The number of aromatic nitrogens is 4. The third-order valence-corrected chi connectivity index (χ3v) is 7.11. The lowest BCUT2D eigenvalue weighted by atomic mass is 9.96. The molecule has 3 atom stereocenters. The number of hydrogen-bond donors (Lipinski definition) is 3. The van der Waals surface area contributed by atoms with Crippen LogP contribution in [0.25, 0.3) is 27.7 Å². The summed E-state index contributed by atoms with van der Waals surface area (Å²) in [6.07, 6.45) is 5.51. The van der Waals surface area contributed by atoms with Gasteiger partial charge in [0.2, 0.25) is 5.91 Å². The summed E-state index contributed by atoms with van der Waals surface area (Å²) < 4.78 is 30.5. The Balaban J connectivity index is 1.39. The molecule has 0 saturated heterocycles. The Morgan fingerprint density at radius 2 is 2.17 bits per heavy atom. The summed E-state index contributed by atoms with van der Waals surface area (Å²) in [5.41, 5.74) is 1.83. The van der Waals surface area contributed by atoms with Crippen molar-refractivity contribution in [1.29, 1.82) is 5.26 Å². The average molecular weight is 496 g/mol. The molecule has 11 heteroatoms. The van der Waals surface area contributed by atoms with E-state index in [0.717, 1.165) is 12.8 Å². The van der Waals surface area contributed by atoms with Crippen LogP contribution in [-0.4, -0.2) is 37.2 Å². The maximum Gasteiger partial charge on any atom is 0.231 e. The van der Waals surface area contributed by atoms with E-state index in [2.05, 4.69) is 31.9 Å². The number of carbonyl (C=O) groups is 1. The maximum absolute atomic E-state index is 15.7. The van der Waals surface area contributed by atoms with Gasteiger partial charge in [-0.15, -0.1) is 0 Å². The first-order valence-electron chi connectivity index (χ1n) is 11.3. The Morgan fingerprint density at radius 1 is 1.40 bits per heavy atom. The molecule has 2 aliphatic carbocycles. The van der Waals surface area contributed by atoms with Gasteiger partial charge in [-0.3, -0.25) is 15.2 Å². The number of nitrogens with zero attached hydrogens (tertiary/aromatic N) is 4. The second kappa shape index (κ2) is 7.73. The topological polar surface area (TPSA) is 111 Å². The van der Waals surface area contributed by atoms with E-state index in [9.17, 15) is 14.4 Å². The van der Waals surface area contributed by atoms with E-state index in [1.54, 1.807) is 42.0 Å². The average Bonchev–Trinajstić information content (AvgIpc) is 3.66. The van der Waals surface area contributed by atoms with Crippen molar-refractivity contribution in [3.05, 3.63) is 47.1 Å². The molecule has 3 N–H and O–H groups in total. The summed E-state index contributed by atoms with van der Waals surface area (Å²) in [4.78, 5) is 16.4. The number of fused-ring (bicyclic) bond motifs is 2. The quantitative estimate of drug-likeness (QED) is 0.360. The molecule has 0 radical (unpaired) electrons. The molecule has 4 aromatic rings. The number of hydrogen-bond acceptors (Lipinski definition) is 5. The van der Waals surface area contributed by atoms with Gasteiger partial charge in [-0.1, -0.05) is 11.6 Å². The lowest BCUT2D eigenvalue weighted by Crippen LogP contribution is -2.32. The van der Waals surface area contributed by atoms with Gasteiger partial charge in [0.05, 0.1) is 34.9 Å². The number of amides is 1. The molecule has 0 aliphatic heterocycles. The van der Waals surface area contributed by atoms with Crippen molar-refractivity contribution in [2.45, 2.75) is 43.9 Å². The van der Waals surface area contributed by atoms with Crippen molar-refractivity contribution in [1.82, 2.24) is 24.9 Å². The molecule has 2 fully saturated rings. The molecule has 2 saturated carbocycles. The monoisotopic (exact) mass is 495 g/mol. The SMILES string of the molecule is CC(NC1(C#N)CC1)c1c(F)c(Cl)c(-c2ccc3nc(NC(=O)[C@@H]4C[C@@H]4F)cn3c2)c2cn[nH]c12. The zero-order chi connectivity index (χ0) is 24.5. The normalized spacial score (nSPS) is 21.1. The van der Waals surface area contributed by atoms with Gasteiger partial charge >= 0.3 is 0 Å². The molecule has 1 aromatic carbocycles. The van der Waals surface area contributed by atoms with Crippen LogP contribution in [0.5, 0.6) is 0 Å². The number of rotatable bonds is 6. The summed E-state index contributed by atoms with van der Waals surface area (Å²) in [7, 11) is 0. The predicted octanol–water partition coefficient (Wildman–Crippen LogP) is 4.67. The molecule has 0 spiro atoms. The van der Waals surface area contributed by atoms with Crippen molar-refractivity contribution in [2.75, 3.05) is 5.32 Å². The second-order valence-electron chi connectivity index (χ2n) is 9.29. The van der Waals surface area contributed by atoms with Gasteiger partial charge in [-0.05, 0) is 38.3 Å². The summed E-state index contributed by atoms with van der Waals surface area (Å²) in [5, 5.41) is 22.9. The molecule has 3 heterocycles. The molecule has 1 unspecified atom stereocenters. The molecular weight excluding hydrogens is 476 g/mol. The van der Waals surface area contributed by atoms with Crippen LogP contribution in [0, 0.1) is 23.1 Å². The number of anilines is 1. The maximum atomic E-state index is 15.7. The van der Waals surface area contributed by atoms with Crippen molar-refractivity contribution >= 4 is 39.9 Å². The summed E-state index contributed by atoms with van der Waals surface area (Å²) in [6, 6.07) is 5.28. The fourth-order valence-electron chi connectivity index (χ4n) is 4.58. The van der Waals surface area contributed by atoms with Crippen LogP contribution in [0.1, 0.15) is 37.8 Å². The first-order chi connectivity index (χ1) is 16.8. The van der Waals surface area contributed by atoms with E-state index in [0.29, 0.717) is 39.1 Å². The van der Waals surface area contributed by atoms with Gasteiger partial charge in [0, 0.05) is 34.3 Å². The molecule has 3 aromatic heterocycles. The zero-order valence-corrected chi connectivity index (χ0v) is 19.3. The Kier molecular flexibility index (Phi) is 4.85. The van der Waals surface area contributed by atoms with Crippen molar-refractivity contribution in [3.63, 3.8) is 0 Å². The lowest BCUT2D eigenvalue weighted by molar-refractivity contribution is -0.117. The first kappa shape index (κ1) is 21.9. The number of imidazole rings is 1. The number of pyridine rings is 1. The lowest BCUT2D eigenvalue weighted by Gasteiger charge is -2.21. The van der Waals surface area contributed by atoms with Crippen LogP contribution in [0.3, 0.4) is 0 Å². The standard InChI is InChI=1S/C24H20ClF2N7O/c1-11(32-24(10-28)4-5-24)18-21(27)20(25)19(14-7-29-33-22(14)18)12-2-3-17-30-16(9-34(17)8-12)31-23(35)13-6-15(13)26/h2-3,7-9,11,13,15,32H,4-6H2,1H3,(H,29,33)(H,31,35)/t11?,13-,15+/m1/s1. The molecule has 0 bridgehead atoms. The van der Waals surface area contributed by atoms with E-state index in [-0.39, 0.29) is 11.4 Å². The van der Waals surface area contributed by atoms with Crippen molar-refractivity contribution in [2.24, 2.45) is 5.92 Å². The highest BCUT2D eigenvalue weighted by Gasteiger charge is 2.45. The van der Waals surface area contributed by atoms with Gasteiger partial charge in [-0.25, -0.2) is 13.8 Å². The second-order valence-corrected chi connectivity index (χ2v) is 9.67. The van der Waals surface area contributed by atoms with E-state index in [4.69, 9.17) is 11.6 Å². The number of alkyl halides is 1. The molecule has 8 nitrogen and oxygen atoms in total. The van der Waals surface area contributed by atoms with Crippen LogP contribution in [0.15, 0.2) is 30.7 Å². The fourth-order valence-corrected chi connectivity index (χ4v) is 4.89. The third kappa shape index (κ3) is 3.63. The van der Waals surface area contributed by atoms with E-state index in [1.807, 2.05) is 0 Å². The predicted molar refractivity (Wildman–Crippen MR) is 126 cm³/mol. The van der Waals surface area contributed by atoms with Crippen LogP contribution in [0.2, 0.25) is 5.02 Å². The minimum atomic E-state index is -1.09. The number of nitriles is 1. The van der Waals surface area contributed by atoms with Gasteiger partial charge < -0.3 is 9.72 Å². The molecule has 178 valence electrons. The minimum absolute atomic E-state index is 0.0555. The van der Waals surface area contributed by atoms with Crippen LogP contribution in [0.4, 0.5) is 14.6 Å². The largest absolute Gasteiger partial charge is 0.309 e. The molecule has 1 amide bonds. The Labute approximate surface area is 203 Å². The van der Waals surface area contributed by atoms with Crippen molar-refractivity contribution < 1.29 is 13.6 Å². The van der Waals surface area contributed by atoms with Gasteiger partial charge in [0.25, 0.3) is 0 Å². The Morgan fingerprint density at radius 3 is 2.86 bits per heavy atom. The number of nitrogens with one attached hydrogen (secondary N) is 3. The molecule has 2 aliphatic rings. The highest BCUT2D eigenvalue weighted by molar-refractivity contribution is 6.35. The Bertz CT molecular complexity index is 1550. The van der Waals surface area contributed by atoms with Crippen LogP contribution >= 0.6 is 11.6 Å². The summed E-state index contributed by atoms with van der Waals surface area (Å²) in [6.45, 7) is 1.80. The van der Waals surface area contributed by atoms with E-state index >= 15 is 4.39 Å². The van der Waals surface area contributed by atoms with Crippen LogP contribution < -0.4 is 10.6 Å². The molecule has 35 heavy (non-hydrogen) atoms. The van der Waals surface area contributed by atoms with Gasteiger partial charge in [-0.2, -0.15) is 10.4 Å². The Hall–Kier alpha value is -3.55. The fraction of sp³-hybridized carbons (Fsp3) is 0.333. The summed E-state index contributed by atoms with van der Waals surface area (Å²) >= 11 is 6.59. The third-order valence-electron chi connectivity index (χ3n) is 6.76. The van der Waals surface area contributed by atoms with Gasteiger partial charge in [0.1, 0.15) is 23.2 Å². The van der Waals surface area contributed by atoms with E-state index in [1.165, 1.54) is 0 Å². The zero-order valence-electron chi connectivity index (χ0n) is 18.6. The smallest absolute Gasteiger partial charge is 0.231 e.